The number of aliphatic carboxylic acids is 1. The van der Waals surface area contributed by atoms with Crippen LogP contribution >= 0.6 is 0 Å². The van der Waals surface area contributed by atoms with Crippen LogP contribution in [-0.4, -0.2) is 41.1 Å². The second-order valence-corrected chi connectivity index (χ2v) is 5.66. The average Bonchev–Trinajstić information content (AvgIpc) is 3.24. The van der Waals surface area contributed by atoms with E-state index in [1.165, 1.54) is 18.4 Å². The molecule has 0 aliphatic heterocycles. The molecule has 0 bridgehead atoms. The van der Waals surface area contributed by atoms with Crippen LogP contribution in [0.5, 0.6) is 0 Å². The number of nitrogens with zero attached hydrogens (tertiary/aromatic N) is 1. The molecule has 0 aromatic heterocycles. The van der Waals surface area contributed by atoms with Crippen molar-refractivity contribution < 1.29 is 14.7 Å². The minimum Gasteiger partial charge on any atom is -0.481 e. The third kappa shape index (κ3) is 4.87. The third-order valence-corrected chi connectivity index (χ3v) is 3.92. The summed E-state index contributed by atoms with van der Waals surface area (Å²) in [6.45, 7) is 0.968. The lowest BCUT2D eigenvalue weighted by molar-refractivity contribution is -0.137. The molecule has 2 rings (SSSR count). The molecule has 5 heteroatoms. The van der Waals surface area contributed by atoms with Crippen LogP contribution in [0.3, 0.4) is 0 Å². The van der Waals surface area contributed by atoms with Crippen LogP contribution in [0.25, 0.3) is 0 Å². The van der Waals surface area contributed by atoms with Gasteiger partial charge in [0, 0.05) is 19.1 Å². The van der Waals surface area contributed by atoms with Gasteiger partial charge in [-0.3, -0.25) is 4.79 Å². The van der Waals surface area contributed by atoms with Crippen LogP contribution in [0, 0.1) is 0 Å². The predicted octanol–water partition coefficient (Wildman–Crippen LogP) is 2.53. The summed E-state index contributed by atoms with van der Waals surface area (Å²) in [4.78, 5) is 24.4. The first kappa shape index (κ1) is 14.9. The van der Waals surface area contributed by atoms with Crippen molar-refractivity contribution in [3.63, 3.8) is 0 Å². The summed E-state index contributed by atoms with van der Waals surface area (Å²) in [5.41, 5.74) is 1.44. The zero-order valence-corrected chi connectivity index (χ0v) is 11.9. The Balaban J connectivity index is 1.71. The summed E-state index contributed by atoms with van der Waals surface area (Å²) in [6, 6.07) is 0.147. The number of rotatable bonds is 7. The highest BCUT2D eigenvalue weighted by atomic mass is 16.4. The number of carbonyl (C=O) groups excluding carboxylic acids is 1. The molecule has 2 aliphatic rings. The van der Waals surface area contributed by atoms with Gasteiger partial charge in [-0.2, -0.15) is 0 Å². The molecule has 0 radical (unpaired) electrons. The number of carbonyl (C=O) groups is 2. The van der Waals surface area contributed by atoms with E-state index >= 15 is 0 Å². The highest BCUT2D eigenvalue weighted by Crippen LogP contribution is 2.27. The molecule has 2 amide bonds. The number of amides is 2. The van der Waals surface area contributed by atoms with Crippen molar-refractivity contribution >= 4 is 12.0 Å². The molecule has 5 nitrogen and oxygen atoms in total. The molecule has 0 aromatic rings. The maximum atomic E-state index is 12.1. The molecule has 20 heavy (non-hydrogen) atoms. The Morgan fingerprint density at radius 2 is 2.15 bits per heavy atom. The molecule has 0 aromatic carbocycles. The Morgan fingerprint density at radius 3 is 2.75 bits per heavy atom. The molecule has 2 N–H and O–H groups in total. The fourth-order valence-corrected chi connectivity index (χ4v) is 2.62. The fourth-order valence-electron chi connectivity index (χ4n) is 2.62. The summed E-state index contributed by atoms with van der Waals surface area (Å²) < 4.78 is 0. The highest BCUT2D eigenvalue weighted by Gasteiger charge is 2.32. The van der Waals surface area contributed by atoms with Crippen molar-refractivity contribution in [2.75, 3.05) is 13.1 Å². The summed E-state index contributed by atoms with van der Waals surface area (Å²) >= 11 is 0. The Morgan fingerprint density at radius 1 is 1.35 bits per heavy atom. The monoisotopic (exact) mass is 280 g/mol. The molecule has 0 atom stereocenters. The fraction of sp³-hybridized carbons (Fsp3) is 0.733. The first-order valence-electron chi connectivity index (χ1n) is 7.61. The average molecular weight is 280 g/mol. The van der Waals surface area contributed by atoms with Crippen molar-refractivity contribution in [3.8, 4) is 0 Å². The number of nitrogens with one attached hydrogen (secondary N) is 1. The van der Waals surface area contributed by atoms with Gasteiger partial charge in [0.15, 0.2) is 0 Å². The standard InChI is InChI=1S/C15H24N2O3/c18-14(19)9-11-17(13-6-7-13)15(20)16-10-8-12-4-2-1-3-5-12/h4,13H,1-3,5-11H2,(H,16,20)(H,18,19). The lowest BCUT2D eigenvalue weighted by atomic mass is 9.97. The Labute approximate surface area is 120 Å². The van der Waals surface area contributed by atoms with E-state index in [0.29, 0.717) is 13.1 Å². The van der Waals surface area contributed by atoms with Crippen molar-refractivity contribution in [1.29, 1.82) is 0 Å². The second kappa shape index (κ2) is 7.31. The Hall–Kier alpha value is -1.52. The summed E-state index contributed by atoms with van der Waals surface area (Å²) in [5.74, 6) is -0.851. The van der Waals surface area contributed by atoms with Gasteiger partial charge in [0.05, 0.1) is 6.42 Å². The van der Waals surface area contributed by atoms with Gasteiger partial charge in [0.2, 0.25) is 0 Å². The van der Waals surface area contributed by atoms with Crippen molar-refractivity contribution in [2.24, 2.45) is 0 Å². The van der Waals surface area contributed by atoms with Crippen LogP contribution in [0.1, 0.15) is 51.4 Å². The van der Waals surface area contributed by atoms with E-state index < -0.39 is 5.97 Å². The van der Waals surface area contributed by atoms with Crippen LogP contribution < -0.4 is 5.32 Å². The molecule has 0 heterocycles. The van der Waals surface area contributed by atoms with E-state index in [1.54, 1.807) is 4.90 Å². The molecular formula is C15H24N2O3. The number of allylic oxidation sites excluding steroid dienone is 1. The van der Waals surface area contributed by atoms with Gasteiger partial charge >= 0.3 is 12.0 Å². The molecule has 2 aliphatic carbocycles. The van der Waals surface area contributed by atoms with Crippen molar-refractivity contribution in [1.82, 2.24) is 10.2 Å². The van der Waals surface area contributed by atoms with Gasteiger partial charge in [-0.1, -0.05) is 11.6 Å². The van der Waals surface area contributed by atoms with Gasteiger partial charge < -0.3 is 15.3 Å². The zero-order valence-electron chi connectivity index (χ0n) is 11.9. The minimum atomic E-state index is -0.851. The van der Waals surface area contributed by atoms with Crippen LogP contribution in [0.2, 0.25) is 0 Å². The lowest BCUT2D eigenvalue weighted by Crippen LogP contribution is -2.42. The van der Waals surface area contributed by atoms with E-state index in [9.17, 15) is 9.59 Å². The first-order chi connectivity index (χ1) is 9.66. The van der Waals surface area contributed by atoms with E-state index in [-0.39, 0.29) is 18.5 Å². The number of urea groups is 1. The quantitative estimate of drug-likeness (QED) is 0.704. The van der Waals surface area contributed by atoms with Crippen LogP contribution in [0.4, 0.5) is 4.79 Å². The smallest absolute Gasteiger partial charge is 0.317 e. The van der Waals surface area contributed by atoms with Gasteiger partial charge in [-0.05, 0) is 44.9 Å². The largest absolute Gasteiger partial charge is 0.481 e. The van der Waals surface area contributed by atoms with E-state index in [4.69, 9.17) is 5.11 Å². The highest BCUT2D eigenvalue weighted by molar-refractivity contribution is 5.76. The number of carboxylic acids is 1. The maximum absolute atomic E-state index is 12.1. The van der Waals surface area contributed by atoms with E-state index in [2.05, 4.69) is 11.4 Å². The van der Waals surface area contributed by atoms with E-state index in [1.807, 2.05) is 0 Å². The van der Waals surface area contributed by atoms with Gasteiger partial charge in [-0.25, -0.2) is 4.79 Å². The predicted molar refractivity (Wildman–Crippen MR) is 76.5 cm³/mol. The molecule has 0 unspecified atom stereocenters. The van der Waals surface area contributed by atoms with Crippen LogP contribution in [0.15, 0.2) is 11.6 Å². The maximum Gasteiger partial charge on any atom is 0.317 e. The second-order valence-electron chi connectivity index (χ2n) is 5.66. The summed E-state index contributed by atoms with van der Waals surface area (Å²) in [7, 11) is 0. The Bertz CT molecular complexity index is 389. The van der Waals surface area contributed by atoms with E-state index in [0.717, 1.165) is 32.1 Å². The van der Waals surface area contributed by atoms with Gasteiger partial charge in [-0.15, -0.1) is 0 Å². The summed E-state index contributed by atoms with van der Waals surface area (Å²) in [6.07, 6.45) is 10.1. The summed E-state index contributed by atoms with van der Waals surface area (Å²) in [5, 5.41) is 11.7. The molecule has 1 fully saturated rings. The topological polar surface area (TPSA) is 69.6 Å². The normalized spacial score (nSPS) is 18.3. The molecule has 0 spiro atoms. The molecule has 112 valence electrons. The lowest BCUT2D eigenvalue weighted by Gasteiger charge is -2.22. The number of hydrogen-bond acceptors (Lipinski definition) is 2. The SMILES string of the molecule is O=C(O)CCN(C(=O)NCCC1=CCCCC1)C1CC1. The number of hydrogen-bond donors (Lipinski definition) is 2. The van der Waals surface area contributed by atoms with Crippen LogP contribution in [-0.2, 0) is 4.79 Å². The number of carboxylic acid groups (broad SMARTS) is 1. The molecule has 0 saturated heterocycles. The molecule has 1 saturated carbocycles. The minimum absolute atomic E-state index is 0.0229. The first-order valence-corrected chi connectivity index (χ1v) is 7.61. The molecular weight excluding hydrogens is 256 g/mol. The van der Waals surface area contributed by atoms with Crippen molar-refractivity contribution in [2.45, 2.75) is 57.4 Å². The van der Waals surface area contributed by atoms with Gasteiger partial charge in [0.25, 0.3) is 0 Å². The third-order valence-electron chi connectivity index (χ3n) is 3.92. The van der Waals surface area contributed by atoms with Crippen molar-refractivity contribution in [3.05, 3.63) is 11.6 Å². The Kier molecular flexibility index (Phi) is 5.44. The zero-order chi connectivity index (χ0) is 14.4. The van der Waals surface area contributed by atoms with Gasteiger partial charge in [0.1, 0.15) is 0 Å².